The van der Waals surface area contributed by atoms with Gasteiger partial charge in [-0.2, -0.15) is 5.10 Å². The molecule has 146 valence electrons. The van der Waals surface area contributed by atoms with Crippen molar-refractivity contribution >= 4 is 17.3 Å². The Morgan fingerprint density at radius 2 is 2.00 bits per heavy atom. The molecule has 0 aliphatic rings. The number of phenols is 1. The average Bonchev–Trinajstić information content (AvgIpc) is 3.33. The zero-order valence-corrected chi connectivity index (χ0v) is 16.0. The van der Waals surface area contributed by atoms with E-state index in [0.717, 1.165) is 27.7 Å². The lowest BCUT2D eigenvalue weighted by atomic mass is 10.1. The lowest BCUT2D eigenvalue weighted by Gasteiger charge is -2.08. The molecular formula is C20H15FN4O3S. The van der Waals surface area contributed by atoms with Crippen molar-refractivity contribution in [2.75, 3.05) is 0 Å². The summed E-state index contributed by atoms with van der Waals surface area (Å²) in [5.41, 5.74) is 1.22. The van der Waals surface area contributed by atoms with E-state index in [1.165, 1.54) is 11.3 Å². The number of aromatic hydroxyl groups is 1. The van der Waals surface area contributed by atoms with Gasteiger partial charge in [-0.05, 0) is 37.3 Å². The molecule has 29 heavy (non-hydrogen) atoms. The number of aromatic nitrogens is 4. The Balaban J connectivity index is 1.71. The van der Waals surface area contributed by atoms with Gasteiger partial charge >= 0.3 is 5.97 Å². The lowest BCUT2D eigenvalue weighted by Crippen LogP contribution is -1.99. The summed E-state index contributed by atoms with van der Waals surface area (Å²) in [5, 5.41) is 24.0. The molecule has 3 heterocycles. The van der Waals surface area contributed by atoms with Crippen molar-refractivity contribution in [2.45, 2.75) is 13.5 Å². The third kappa shape index (κ3) is 3.72. The van der Waals surface area contributed by atoms with Crippen molar-refractivity contribution in [3.05, 3.63) is 70.9 Å². The van der Waals surface area contributed by atoms with Gasteiger partial charge in [0.1, 0.15) is 22.1 Å². The van der Waals surface area contributed by atoms with Crippen LogP contribution in [0.1, 0.15) is 21.1 Å². The van der Waals surface area contributed by atoms with E-state index in [0.29, 0.717) is 12.2 Å². The number of nitrogens with zero attached hydrogens (tertiary/aromatic N) is 4. The number of thiazole rings is 1. The number of pyridine rings is 1. The van der Waals surface area contributed by atoms with Gasteiger partial charge in [-0.15, -0.1) is 11.3 Å². The first-order valence-electron chi connectivity index (χ1n) is 8.59. The molecule has 0 amide bonds. The van der Waals surface area contributed by atoms with Crippen LogP contribution in [0, 0.1) is 12.7 Å². The second-order valence-corrected chi connectivity index (χ2v) is 7.37. The first-order valence-corrected chi connectivity index (χ1v) is 9.41. The Kier molecular flexibility index (Phi) is 4.81. The highest BCUT2D eigenvalue weighted by Gasteiger charge is 2.18. The molecule has 0 spiro atoms. The maximum atomic E-state index is 14.5. The highest BCUT2D eigenvalue weighted by Crippen LogP contribution is 2.33. The highest BCUT2D eigenvalue weighted by molar-refractivity contribution is 7.15. The van der Waals surface area contributed by atoms with Crippen LogP contribution in [0.25, 0.3) is 21.8 Å². The van der Waals surface area contributed by atoms with E-state index >= 15 is 0 Å². The molecule has 3 aromatic heterocycles. The molecule has 9 heteroatoms. The van der Waals surface area contributed by atoms with Gasteiger partial charge in [0.2, 0.25) is 0 Å². The molecule has 0 saturated carbocycles. The highest BCUT2D eigenvalue weighted by atomic mass is 32.1. The van der Waals surface area contributed by atoms with Crippen LogP contribution in [0.2, 0.25) is 0 Å². The second kappa shape index (κ2) is 7.44. The second-order valence-electron chi connectivity index (χ2n) is 6.29. The molecule has 4 aromatic rings. The van der Waals surface area contributed by atoms with Gasteiger partial charge in [0.15, 0.2) is 0 Å². The molecule has 0 saturated heterocycles. The van der Waals surface area contributed by atoms with Gasteiger partial charge < -0.3 is 10.2 Å². The Morgan fingerprint density at radius 1 is 1.21 bits per heavy atom. The number of hydrogen-bond acceptors (Lipinski definition) is 6. The van der Waals surface area contributed by atoms with Gasteiger partial charge in [0.25, 0.3) is 0 Å². The fourth-order valence-electron chi connectivity index (χ4n) is 2.93. The van der Waals surface area contributed by atoms with Crippen LogP contribution in [0.15, 0.2) is 48.8 Å². The van der Waals surface area contributed by atoms with E-state index in [9.17, 15) is 14.3 Å². The molecule has 0 fully saturated rings. The van der Waals surface area contributed by atoms with Crippen molar-refractivity contribution in [1.29, 1.82) is 0 Å². The molecule has 1 aromatic carbocycles. The lowest BCUT2D eigenvalue weighted by molar-refractivity contribution is 0.0693. The smallest absolute Gasteiger partial charge is 0.339 e. The molecule has 0 aliphatic heterocycles. The number of aryl methyl sites for hydroxylation is 1. The normalized spacial score (nSPS) is 11.0. The van der Waals surface area contributed by atoms with Gasteiger partial charge in [-0.3, -0.25) is 4.68 Å². The van der Waals surface area contributed by atoms with E-state index in [2.05, 4.69) is 15.1 Å². The molecule has 0 unspecified atom stereocenters. The topological polar surface area (TPSA) is 101 Å². The van der Waals surface area contributed by atoms with Crippen molar-refractivity contribution in [1.82, 2.24) is 19.7 Å². The predicted molar refractivity (Wildman–Crippen MR) is 105 cm³/mol. The van der Waals surface area contributed by atoms with Crippen LogP contribution >= 0.6 is 11.3 Å². The fraction of sp³-hybridized carbons (Fsp3) is 0.100. The third-order valence-electron chi connectivity index (χ3n) is 4.27. The molecule has 2 N–H and O–H groups in total. The van der Waals surface area contributed by atoms with E-state index in [-0.39, 0.29) is 11.3 Å². The molecular weight excluding hydrogens is 395 g/mol. The summed E-state index contributed by atoms with van der Waals surface area (Å²) >= 11 is 1.47. The van der Waals surface area contributed by atoms with E-state index in [1.54, 1.807) is 29.1 Å². The Bertz CT molecular complexity index is 1200. The van der Waals surface area contributed by atoms with Crippen LogP contribution in [-0.2, 0) is 6.54 Å². The van der Waals surface area contributed by atoms with Gasteiger partial charge in [-0.25, -0.2) is 19.2 Å². The maximum absolute atomic E-state index is 14.5. The fourth-order valence-corrected chi connectivity index (χ4v) is 3.96. The largest absolute Gasteiger partial charge is 0.507 e. The summed E-state index contributed by atoms with van der Waals surface area (Å²) in [6, 6.07) is 8.83. The summed E-state index contributed by atoms with van der Waals surface area (Å²) in [6.07, 6.45) is 3.55. The number of rotatable bonds is 5. The number of carboxylic acid groups (broad SMARTS) is 1. The molecule has 7 nitrogen and oxygen atoms in total. The first kappa shape index (κ1) is 18.8. The number of aromatic carboxylic acids is 1. The third-order valence-corrected chi connectivity index (χ3v) is 5.44. The Labute approximate surface area is 168 Å². The Morgan fingerprint density at radius 3 is 2.72 bits per heavy atom. The minimum Gasteiger partial charge on any atom is -0.507 e. The summed E-state index contributed by atoms with van der Waals surface area (Å²) in [5.74, 6) is -2.69. The zero-order valence-electron chi connectivity index (χ0n) is 15.2. The summed E-state index contributed by atoms with van der Waals surface area (Å²) < 4.78 is 16.2. The standard InChI is InChI=1S/C20H15FN4O3S/c1-11-19(29-18(23-11)10-25-7-3-6-22-25)16-5-2-4-15(24-16)12-9-17(26)13(20(27)28)8-14(12)21/h2-9,26H,10H2,1H3,(H,27,28). The molecule has 0 radical (unpaired) electrons. The quantitative estimate of drug-likeness (QED) is 0.516. The van der Waals surface area contributed by atoms with Crippen molar-refractivity contribution < 1.29 is 19.4 Å². The average molecular weight is 410 g/mol. The summed E-state index contributed by atoms with van der Waals surface area (Å²) in [6.45, 7) is 2.41. The number of hydrogen-bond donors (Lipinski definition) is 2. The summed E-state index contributed by atoms with van der Waals surface area (Å²) in [4.78, 5) is 21.0. The van der Waals surface area contributed by atoms with Crippen molar-refractivity contribution in [3.63, 3.8) is 0 Å². The van der Waals surface area contributed by atoms with E-state index in [1.807, 2.05) is 19.2 Å². The molecule has 0 atom stereocenters. The Hall–Kier alpha value is -3.59. The van der Waals surface area contributed by atoms with Crippen LogP contribution in [0.3, 0.4) is 0 Å². The monoisotopic (exact) mass is 410 g/mol. The summed E-state index contributed by atoms with van der Waals surface area (Å²) in [7, 11) is 0. The predicted octanol–water partition coefficient (Wildman–Crippen LogP) is 3.97. The van der Waals surface area contributed by atoms with Gasteiger partial charge in [0, 0.05) is 18.0 Å². The van der Waals surface area contributed by atoms with Crippen LogP contribution in [-0.4, -0.2) is 35.9 Å². The first-order chi connectivity index (χ1) is 13.9. The van der Waals surface area contributed by atoms with Gasteiger partial charge in [0.05, 0.1) is 28.5 Å². The number of carboxylic acids is 1. The molecule has 4 rings (SSSR count). The van der Waals surface area contributed by atoms with Gasteiger partial charge in [-0.1, -0.05) is 6.07 Å². The maximum Gasteiger partial charge on any atom is 0.339 e. The van der Waals surface area contributed by atoms with Crippen LogP contribution in [0.5, 0.6) is 5.75 Å². The number of halogens is 1. The van der Waals surface area contributed by atoms with Crippen molar-refractivity contribution in [2.24, 2.45) is 0 Å². The zero-order chi connectivity index (χ0) is 20.5. The van der Waals surface area contributed by atoms with E-state index < -0.39 is 23.1 Å². The number of carbonyl (C=O) groups is 1. The molecule has 0 bridgehead atoms. The van der Waals surface area contributed by atoms with Crippen molar-refractivity contribution in [3.8, 4) is 27.6 Å². The minimum atomic E-state index is -1.40. The van der Waals surface area contributed by atoms with Crippen LogP contribution in [0.4, 0.5) is 4.39 Å². The SMILES string of the molecule is Cc1nc(Cn2cccn2)sc1-c1cccc(-c2cc(O)c(C(=O)O)cc2F)n1. The minimum absolute atomic E-state index is 0.0216. The number of benzene rings is 1. The van der Waals surface area contributed by atoms with Crippen LogP contribution < -0.4 is 0 Å². The van der Waals surface area contributed by atoms with E-state index in [4.69, 9.17) is 5.11 Å². The molecule has 0 aliphatic carbocycles.